The Labute approximate surface area is 93.6 Å². The maximum atomic E-state index is 11.7. The van der Waals surface area contributed by atoms with E-state index >= 15 is 0 Å². The Morgan fingerprint density at radius 3 is 2.67 bits per heavy atom. The van der Waals surface area contributed by atoms with Crippen LogP contribution in [0, 0.1) is 0 Å². The van der Waals surface area contributed by atoms with Gasteiger partial charge in [-0.25, -0.2) is 8.42 Å². The molecule has 0 saturated heterocycles. The molecule has 0 aliphatic rings. The molecule has 1 aromatic carbocycles. The summed E-state index contributed by atoms with van der Waals surface area (Å²) in [6.45, 7) is 1.40. The van der Waals surface area contributed by atoms with Gasteiger partial charge in [-0.3, -0.25) is 0 Å². The van der Waals surface area contributed by atoms with Crippen LogP contribution in [-0.4, -0.2) is 25.4 Å². The van der Waals surface area contributed by atoms with E-state index in [1.165, 1.54) is 25.1 Å². The van der Waals surface area contributed by atoms with Crippen LogP contribution in [0.15, 0.2) is 23.1 Å². The van der Waals surface area contributed by atoms with Crippen molar-refractivity contribution < 1.29 is 13.5 Å². The number of halogens is 1. The third-order valence-electron chi connectivity index (χ3n) is 1.77. The van der Waals surface area contributed by atoms with Crippen LogP contribution in [0.4, 0.5) is 5.69 Å². The number of rotatable bonds is 3. The molecule has 0 aliphatic carbocycles. The first-order valence-corrected chi connectivity index (χ1v) is 6.32. The molecule has 4 nitrogen and oxygen atoms in total. The molecule has 1 rings (SSSR count). The average molecular weight is 250 g/mol. The van der Waals surface area contributed by atoms with Gasteiger partial charge in [-0.2, -0.15) is 0 Å². The number of aliphatic hydroxyl groups excluding tert-OH is 1. The Bertz CT molecular complexity index is 456. The Morgan fingerprint density at radius 1 is 1.53 bits per heavy atom. The van der Waals surface area contributed by atoms with Crippen molar-refractivity contribution in [3.05, 3.63) is 23.2 Å². The molecular weight excluding hydrogens is 238 g/mol. The van der Waals surface area contributed by atoms with Gasteiger partial charge < -0.3 is 10.8 Å². The van der Waals surface area contributed by atoms with Gasteiger partial charge in [0.2, 0.25) is 0 Å². The molecule has 0 bridgehead atoms. The first-order chi connectivity index (χ1) is 6.83. The third kappa shape index (κ3) is 3.09. The Balaban J connectivity index is 3.21. The standard InChI is InChI=1S/C9H12ClNO3S/c1-6(12)5-15(13,14)9-4-7(10)2-3-8(9)11/h2-4,6,12H,5,11H2,1H3. The molecule has 84 valence electrons. The van der Waals surface area contributed by atoms with Crippen molar-refractivity contribution in [1.29, 1.82) is 0 Å². The fraction of sp³-hybridized carbons (Fsp3) is 0.333. The topological polar surface area (TPSA) is 80.4 Å². The van der Waals surface area contributed by atoms with Crippen LogP contribution in [0.25, 0.3) is 0 Å². The van der Waals surface area contributed by atoms with Gasteiger partial charge in [-0.1, -0.05) is 11.6 Å². The molecule has 0 aliphatic heterocycles. The number of hydrogen-bond acceptors (Lipinski definition) is 4. The minimum atomic E-state index is -3.57. The molecule has 0 fully saturated rings. The molecule has 1 aromatic rings. The van der Waals surface area contributed by atoms with Crippen molar-refractivity contribution in [3.63, 3.8) is 0 Å². The van der Waals surface area contributed by atoms with Crippen LogP contribution in [0.2, 0.25) is 5.02 Å². The predicted molar refractivity (Wildman–Crippen MR) is 59.6 cm³/mol. The molecule has 0 saturated carbocycles. The maximum Gasteiger partial charge on any atom is 0.182 e. The van der Waals surface area contributed by atoms with Crippen LogP contribution >= 0.6 is 11.6 Å². The highest BCUT2D eigenvalue weighted by atomic mass is 35.5. The summed E-state index contributed by atoms with van der Waals surface area (Å²) in [6.07, 6.45) is -0.937. The summed E-state index contributed by atoms with van der Waals surface area (Å²) in [4.78, 5) is -0.0316. The van der Waals surface area contributed by atoms with E-state index in [-0.39, 0.29) is 16.3 Å². The van der Waals surface area contributed by atoms with Crippen LogP contribution in [0.5, 0.6) is 0 Å². The molecule has 6 heteroatoms. The normalized spacial score (nSPS) is 13.8. The average Bonchev–Trinajstić information content (AvgIpc) is 2.06. The Hall–Kier alpha value is -0.780. The smallest absolute Gasteiger partial charge is 0.182 e. The van der Waals surface area contributed by atoms with Crippen LogP contribution in [0.1, 0.15) is 6.92 Å². The molecule has 0 aromatic heterocycles. The molecule has 1 atom stereocenters. The van der Waals surface area contributed by atoms with Crippen LogP contribution < -0.4 is 5.73 Å². The minimum Gasteiger partial charge on any atom is -0.398 e. The van der Waals surface area contributed by atoms with E-state index in [9.17, 15) is 8.42 Å². The predicted octanol–water partition coefficient (Wildman–Crippen LogP) is 1.08. The van der Waals surface area contributed by atoms with Gasteiger partial charge in [0.05, 0.1) is 22.4 Å². The second kappa shape index (κ2) is 4.38. The van der Waals surface area contributed by atoms with Gasteiger partial charge in [-0.15, -0.1) is 0 Å². The summed E-state index contributed by atoms with van der Waals surface area (Å²) in [5, 5.41) is 9.36. The number of anilines is 1. The van der Waals surface area contributed by atoms with Gasteiger partial charge in [0, 0.05) is 5.02 Å². The second-order valence-electron chi connectivity index (χ2n) is 3.31. The summed E-state index contributed by atoms with van der Waals surface area (Å²) < 4.78 is 23.4. The lowest BCUT2D eigenvalue weighted by molar-refractivity contribution is 0.218. The molecular formula is C9H12ClNO3S. The first kappa shape index (κ1) is 12.3. The highest BCUT2D eigenvalue weighted by Crippen LogP contribution is 2.24. The van der Waals surface area contributed by atoms with Crippen LogP contribution in [-0.2, 0) is 9.84 Å². The summed E-state index contributed by atoms with van der Waals surface area (Å²) >= 11 is 5.68. The van der Waals surface area contributed by atoms with Crippen molar-refractivity contribution in [1.82, 2.24) is 0 Å². The van der Waals surface area contributed by atoms with E-state index < -0.39 is 15.9 Å². The summed E-state index contributed by atoms with van der Waals surface area (Å²) in [6, 6.07) is 4.23. The van der Waals surface area contributed by atoms with E-state index in [2.05, 4.69) is 0 Å². The largest absolute Gasteiger partial charge is 0.398 e. The Kier molecular flexibility index (Phi) is 3.59. The summed E-state index contributed by atoms with van der Waals surface area (Å²) in [7, 11) is -3.57. The molecule has 3 N–H and O–H groups in total. The zero-order chi connectivity index (χ0) is 11.6. The van der Waals surface area contributed by atoms with Gasteiger partial charge in [0.25, 0.3) is 0 Å². The fourth-order valence-corrected chi connectivity index (χ4v) is 2.97. The molecule has 15 heavy (non-hydrogen) atoms. The van der Waals surface area contributed by atoms with E-state index in [4.69, 9.17) is 22.4 Å². The van der Waals surface area contributed by atoms with E-state index in [1.807, 2.05) is 0 Å². The lowest BCUT2D eigenvalue weighted by Gasteiger charge is -2.09. The van der Waals surface area contributed by atoms with Gasteiger partial charge in [-0.05, 0) is 25.1 Å². The zero-order valence-corrected chi connectivity index (χ0v) is 9.72. The molecule has 1 unspecified atom stereocenters. The first-order valence-electron chi connectivity index (χ1n) is 4.29. The number of sulfone groups is 1. The van der Waals surface area contributed by atoms with Crippen molar-refractivity contribution in [3.8, 4) is 0 Å². The number of nitrogens with two attached hydrogens (primary N) is 1. The van der Waals surface area contributed by atoms with Crippen molar-refractivity contribution in [2.75, 3.05) is 11.5 Å². The highest BCUT2D eigenvalue weighted by molar-refractivity contribution is 7.91. The number of aliphatic hydroxyl groups is 1. The monoisotopic (exact) mass is 249 g/mol. The fourth-order valence-electron chi connectivity index (χ4n) is 1.18. The van der Waals surface area contributed by atoms with Crippen LogP contribution in [0.3, 0.4) is 0 Å². The van der Waals surface area contributed by atoms with Gasteiger partial charge in [0.15, 0.2) is 9.84 Å². The van der Waals surface area contributed by atoms with E-state index in [0.717, 1.165) is 0 Å². The molecule has 0 radical (unpaired) electrons. The van der Waals surface area contributed by atoms with Gasteiger partial charge >= 0.3 is 0 Å². The minimum absolute atomic E-state index is 0.0316. The number of hydrogen-bond donors (Lipinski definition) is 2. The van der Waals surface area contributed by atoms with E-state index in [0.29, 0.717) is 5.02 Å². The lowest BCUT2D eigenvalue weighted by atomic mass is 10.3. The van der Waals surface area contributed by atoms with Crippen molar-refractivity contribution in [2.45, 2.75) is 17.9 Å². The lowest BCUT2D eigenvalue weighted by Crippen LogP contribution is -2.18. The van der Waals surface area contributed by atoms with Crippen molar-refractivity contribution in [2.24, 2.45) is 0 Å². The number of benzene rings is 1. The molecule has 0 spiro atoms. The molecule has 0 amide bonds. The Morgan fingerprint density at radius 2 is 2.13 bits per heavy atom. The SMILES string of the molecule is CC(O)CS(=O)(=O)c1cc(Cl)ccc1N. The van der Waals surface area contributed by atoms with Gasteiger partial charge in [0.1, 0.15) is 0 Å². The maximum absolute atomic E-state index is 11.7. The molecule has 0 heterocycles. The van der Waals surface area contributed by atoms with Crippen molar-refractivity contribution >= 4 is 27.1 Å². The van der Waals surface area contributed by atoms with E-state index in [1.54, 1.807) is 0 Å². The second-order valence-corrected chi connectivity index (χ2v) is 5.75. The summed E-state index contributed by atoms with van der Waals surface area (Å²) in [5.41, 5.74) is 5.67. The quantitative estimate of drug-likeness (QED) is 0.786. The third-order valence-corrected chi connectivity index (χ3v) is 3.95. The highest BCUT2D eigenvalue weighted by Gasteiger charge is 2.20. The number of nitrogen functional groups attached to an aromatic ring is 1. The summed E-state index contributed by atoms with van der Waals surface area (Å²) in [5.74, 6) is -0.364. The zero-order valence-electron chi connectivity index (χ0n) is 8.14.